The lowest BCUT2D eigenvalue weighted by atomic mass is 9.95. The molecule has 5 heteroatoms. The molecule has 1 aromatic carbocycles. The van der Waals surface area contributed by atoms with Gasteiger partial charge in [0.15, 0.2) is 0 Å². The van der Waals surface area contributed by atoms with Gasteiger partial charge in [-0.05, 0) is 56.0 Å². The van der Waals surface area contributed by atoms with Crippen LogP contribution in [0.25, 0.3) is 10.9 Å². The largest absolute Gasteiger partial charge is 0.353 e. The Hall–Kier alpha value is -2.06. The van der Waals surface area contributed by atoms with Crippen molar-refractivity contribution in [1.82, 2.24) is 10.3 Å². The molecule has 1 aliphatic rings. The van der Waals surface area contributed by atoms with Gasteiger partial charge in [0.2, 0.25) is 5.91 Å². The van der Waals surface area contributed by atoms with Crippen LogP contribution in [0.15, 0.2) is 23.2 Å². The molecule has 1 amide bonds. The first kappa shape index (κ1) is 17.8. The predicted molar refractivity (Wildman–Crippen MR) is 102 cm³/mol. The molecule has 1 aromatic heterocycles. The number of nitriles is 1. The van der Waals surface area contributed by atoms with E-state index in [1.165, 1.54) is 42.2 Å². The van der Waals surface area contributed by atoms with Gasteiger partial charge in [0, 0.05) is 11.4 Å². The topological polar surface area (TPSA) is 65.8 Å². The van der Waals surface area contributed by atoms with Gasteiger partial charge in [-0.15, -0.1) is 0 Å². The molecule has 0 unspecified atom stereocenters. The summed E-state index contributed by atoms with van der Waals surface area (Å²) in [5.74, 6) is 0.330. The van der Waals surface area contributed by atoms with E-state index >= 15 is 0 Å². The molecule has 4 nitrogen and oxygen atoms in total. The number of nitrogens with one attached hydrogen (secondary N) is 1. The maximum absolute atomic E-state index is 12.2. The van der Waals surface area contributed by atoms with Crippen molar-refractivity contribution >= 4 is 28.6 Å². The summed E-state index contributed by atoms with van der Waals surface area (Å²) in [5.41, 5.74) is 3.77. The van der Waals surface area contributed by atoms with Gasteiger partial charge < -0.3 is 5.32 Å². The number of amides is 1. The average Bonchev–Trinajstić information content (AvgIpc) is 2.61. The molecule has 130 valence electrons. The van der Waals surface area contributed by atoms with E-state index in [9.17, 15) is 10.1 Å². The van der Waals surface area contributed by atoms with Crippen molar-refractivity contribution in [2.75, 3.05) is 5.75 Å². The summed E-state index contributed by atoms with van der Waals surface area (Å²) in [6.45, 7) is 4.11. The lowest BCUT2D eigenvalue weighted by Crippen LogP contribution is -2.37. The third-order valence-electron chi connectivity index (χ3n) is 4.83. The molecule has 0 saturated heterocycles. The number of fused-ring (bicyclic) bond motifs is 1. The van der Waals surface area contributed by atoms with Gasteiger partial charge in [0.05, 0.1) is 16.8 Å². The van der Waals surface area contributed by atoms with Crippen LogP contribution in [-0.2, 0) is 4.79 Å². The lowest BCUT2D eigenvalue weighted by Gasteiger charge is -2.22. The number of thioether (sulfide) groups is 1. The summed E-state index contributed by atoms with van der Waals surface area (Å²) in [6.07, 6.45) is 5.81. The molecule has 0 spiro atoms. The standard InChI is InChI=1S/C20H23N3OS/c1-13-8-15-10-16(11-21)20(23-18(15)9-14(13)2)25-12-19(24)22-17-6-4-3-5-7-17/h8-10,17H,3-7,12H2,1-2H3,(H,22,24). The average molecular weight is 353 g/mol. The van der Waals surface area contributed by atoms with Crippen LogP contribution in [0.5, 0.6) is 0 Å². The Bertz CT molecular complexity index is 835. The zero-order valence-electron chi connectivity index (χ0n) is 14.8. The van der Waals surface area contributed by atoms with Crippen molar-refractivity contribution < 1.29 is 4.79 Å². The van der Waals surface area contributed by atoms with Crippen molar-refractivity contribution in [1.29, 1.82) is 5.26 Å². The van der Waals surface area contributed by atoms with Crippen molar-refractivity contribution in [2.24, 2.45) is 0 Å². The molecule has 1 saturated carbocycles. The van der Waals surface area contributed by atoms with E-state index in [2.05, 4.69) is 36.3 Å². The first-order chi connectivity index (χ1) is 12.1. The summed E-state index contributed by atoms with van der Waals surface area (Å²) in [6, 6.07) is 8.49. The normalized spacial score (nSPS) is 15.1. The van der Waals surface area contributed by atoms with Crippen LogP contribution in [0.2, 0.25) is 0 Å². The highest BCUT2D eigenvalue weighted by molar-refractivity contribution is 8.00. The molecule has 1 N–H and O–H groups in total. The van der Waals surface area contributed by atoms with Crippen LogP contribution in [0.4, 0.5) is 0 Å². The molecule has 25 heavy (non-hydrogen) atoms. The highest BCUT2D eigenvalue weighted by Gasteiger charge is 2.16. The summed E-state index contributed by atoms with van der Waals surface area (Å²) in [4.78, 5) is 16.8. The molecule has 1 aliphatic carbocycles. The van der Waals surface area contributed by atoms with Gasteiger partial charge in [-0.2, -0.15) is 5.26 Å². The quantitative estimate of drug-likeness (QED) is 0.834. The fourth-order valence-electron chi connectivity index (χ4n) is 3.26. The molecule has 1 fully saturated rings. The summed E-state index contributed by atoms with van der Waals surface area (Å²) < 4.78 is 0. The molecule has 3 rings (SSSR count). The number of rotatable bonds is 4. The van der Waals surface area contributed by atoms with Crippen LogP contribution >= 0.6 is 11.8 Å². The van der Waals surface area contributed by atoms with Gasteiger partial charge in [0.25, 0.3) is 0 Å². The van der Waals surface area contributed by atoms with Gasteiger partial charge in [-0.1, -0.05) is 31.0 Å². The number of pyridine rings is 1. The van der Waals surface area contributed by atoms with Crippen LogP contribution in [0, 0.1) is 25.2 Å². The molecule has 0 atom stereocenters. The number of nitrogens with zero attached hydrogens (tertiary/aromatic N) is 2. The van der Waals surface area contributed by atoms with E-state index in [-0.39, 0.29) is 5.91 Å². The maximum Gasteiger partial charge on any atom is 0.230 e. The second-order valence-corrected chi connectivity index (χ2v) is 7.74. The maximum atomic E-state index is 12.2. The Balaban J connectivity index is 1.72. The van der Waals surface area contributed by atoms with Crippen molar-refractivity contribution in [2.45, 2.75) is 57.0 Å². The Kier molecular flexibility index (Phi) is 5.60. The summed E-state index contributed by atoms with van der Waals surface area (Å²) >= 11 is 1.35. The number of carbonyl (C=O) groups is 1. The van der Waals surface area contributed by atoms with E-state index in [1.807, 2.05) is 12.1 Å². The number of aromatic nitrogens is 1. The Morgan fingerprint density at radius 3 is 2.68 bits per heavy atom. The van der Waals surface area contributed by atoms with Crippen molar-refractivity contribution in [3.8, 4) is 6.07 Å². The lowest BCUT2D eigenvalue weighted by molar-refractivity contribution is -0.119. The van der Waals surface area contributed by atoms with Crippen molar-refractivity contribution in [3.05, 3.63) is 34.9 Å². The third-order valence-corrected chi connectivity index (χ3v) is 5.82. The highest BCUT2D eigenvalue weighted by Crippen LogP contribution is 2.26. The second kappa shape index (κ2) is 7.88. The summed E-state index contributed by atoms with van der Waals surface area (Å²) in [5, 5.41) is 14.1. The van der Waals surface area contributed by atoms with E-state index in [0.717, 1.165) is 23.7 Å². The Morgan fingerprint density at radius 2 is 1.96 bits per heavy atom. The van der Waals surface area contributed by atoms with Gasteiger partial charge in [-0.3, -0.25) is 4.79 Å². The zero-order chi connectivity index (χ0) is 17.8. The number of benzene rings is 1. The molecular weight excluding hydrogens is 330 g/mol. The minimum atomic E-state index is 0.0303. The van der Waals surface area contributed by atoms with E-state index < -0.39 is 0 Å². The number of hydrogen-bond donors (Lipinski definition) is 1. The third kappa shape index (κ3) is 4.32. The molecule has 0 aliphatic heterocycles. The Morgan fingerprint density at radius 1 is 1.24 bits per heavy atom. The number of carbonyl (C=O) groups excluding carboxylic acids is 1. The predicted octanol–water partition coefficient (Wildman–Crippen LogP) is 4.26. The minimum absolute atomic E-state index is 0.0303. The van der Waals surface area contributed by atoms with E-state index in [0.29, 0.717) is 22.4 Å². The van der Waals surface area contributed by atoms with Gasteiger partial charge in [0.1, 0.15) is 11.1 Å². The molecule has 1 heterocycles. The minimum Gasteiger partial charge on any atom is -0.353 e. The first-order valence-corrected chi connectivity index (χ1v) is 9.79. The SMILES string of the molecule is Cc1cc2cc(C#N)c(SCC(=O)NC3CCCCC3)nc2cc1C. The van der Waals surface area contributed by atoms with Gasteiger partial charge >= 0.3 is 0 Å². The van der Waals surface area contributed by atoms with E-state index in [4.69, 9.17) is 0 Å². The first-order valence-electron chi connectivity index (χ1n) is 8.81. The van der Waals surface area contributed by atoms with Crippen LogP contribution in [0.1, 0.15) is 48.8 Å². The van der Waals surface area contributed by atoms with Gasteiger partial charge in [-0.25, -0.2) is 4.98 Å². The second-order valence-electron chi connectivity index (χ2n) is 6.77. The zero-order valence-corrected chi connectivity index (χ0v) is 15.6. The van der Waals surface area contributed by atoms with Crippen molar-refractivity contribution in [3.63, 3.8) is 0 Å². The van der Waals surface area contributed by atoms with Crippen LogP contribution in [0.3, 0.4) is 0 Å². The van der Waals surface area contributed by atoms with Crippen LogP contribution < -0.4 is 5.32 Å². The molecule has 2 aromatic rings. The molecule has 0 radical (unpaired) electrons. The molecule has 0 bridgehead atoms. The fourth-order valence-corrected chi connectivity index (χ4v) is 4.04. The number of hydrogen-bond acceptors (Lipinski definition) is 4. The van der Waals surface area contributed by atoms with E-state index in [1.54, 1.807) is 0 Å². The smallest absolute Gasteiger partial charge is 0.230 e. The Labute approximate surface area is 153 Å². The summed E-state index contributed by atoms with van der Waals surface area (Å²) in [7, 11) is 0. The van der Waals surface area contributed by atoms with Crippen LogP contribution in [-0.4, -0.2) is 22.7 Å². The molecular formula is C20H23N3OS. The highest BCUT2D eigenvalue weighted by atomic mass is 32.2. The fraction of sp³-hybridized carbons (Fsp3) is 0.450. The number of aryl methyl sites for hydroxylation is 2. The monoisotopic (exact) mass is 353 g/mol.